The van der Waals surface area contributed by atoms with Crippen molar-refractivity contribution < 1.29 is 4.79 Å². The maximum absolute atomic E-state index is 12.0. The van der Waals surface area contributed by atoms with Gasteiger partial charge in [0.1, 0.15) is 6.07 Å². The fourth-order valence-corrected chi connectivity index (χ4v) is 2.74. The lowest BCUT2D eigenvalue weighted by molar-refractivity contribution is -0.127. The maximum Gasteiger partial charge on any atom is 0.178 e. The molecule has 0 aromatic carbocycles. The van der Waals surface area contributed by atoms with Gasteiger partial charge in [-0.25, -0.2) is 0 Å². The lowest BCUT2D eigenvalue weighted by Gasteiger charge is -2.41. The molecule has 0 saturated carbocycles. The molecule has 0 aliphatic heterocycles. The smallest absolute Gasteiger partial charge is 0.178 e. The molecule has 15 heavy (non-hydrogen) atoms. The molecule has 78 valence electrons. The normalized spacial score (nSPS) is 32.9. The summed E-state index contributed by atoms with van der Waals surface area (Å²) in [5, 5.41) is 8.93. The van der Waals surface area contributed by atoms with Crippen molar-refractivity contribution in [3.05, 3.63) is 23.8 Å². The summed E-state index contributed by atoms with van der Waals surface area (Å²) in [5.41, 5.74) is -0.0218. The molecule has 0 aromatic rings. The number of hydrogen-bond acceptors (Lipinski definition) is 2. The predicted molar refractivity (Wildman–Crippen MR) is 57.8 cm³/mol. The Hall–Kier alpha value is -1.36. The first-order chi connectivity index (χ1) is 7.07. The Labute approximate surface area is 90.3 Å². The number of allylic oxidation sites excluding steroid dienone is 4. The molecule has 2 rings (SSSR count). The van der Waals surface area contributed by atoms with Crippen molar-refractivity contribution in [1.82, 2.24) is 0 Å². The number of rotatable bonds is 0. The second-order valence-electron chi connectivity index (χ2n) is 4.96. The molecule has 0 heterocycles. The number of carbonyl (C=O) groups excluding carboxylic acids is 1. The first kappa shape index (κ1) is 10.2. The standard InChI is InChI=1S/C13H15NO/c1-13(2)11-6-4-3-5-9(11)7-10(8-14)12(13)15/h3-4,7,9,11H,5-6H2,1-2H3. The minimum atomic E-state index is -0.380. The molecule has 2 heteroatoms. The molecular formula is C13H15NO. The van der Waals surface area contributed by atoms with E-state index in [1.807, 2.05) is 26.0 Å². The third-order valence-electron chi connectivity index (χ3n) is 3.74. The van der Waals surface area contributed by atoms with Crippen LogP contribution in [0.4, 0.5) is 0 Å². The molecule has 0 saturated heterocycles. The summed E-state index contributed by atoms with van der Waals surface area (Å²) in [4.78, 5) is 12.0. The Bertz CT molecular complexity index is 395. The zero-order valence-corrected chi connectivity index (χ0v) is 9.16. The highest BCUT2D eigenvalue weighted by Gasteiger charge is 2.45. The molecule has 2 atom stereocenters. The minimum absolute atomic E-state index is 0.0153. The zero-order chi connectivity index (χ0) is 11.1. The van der Waals surface area contributed by atoms with E-state index in [2.05, 4.69) is 12.2 Å². The van der Waals surface area contributed by atoms with Gasteiger partial charge in [0.05, 0.1) is 5.57 Å². The molecule has 2 unspecified atom stereocenters. The van der Waals surface area contributed by atoms with Gasteiger partial charge in [0.15, 0.2) is 5.78 Å². The Morgan fingerprint density at radius 1 is 1.40 bits per heavy atom. The van der Waals surface area contributed by atoms with Crippen molar-refractivity contribution >= 4 is 5.78 Å². The van der Waals surface area contributed by atoms with Gasteiger partial charge in [-0.1, -0.05) is 32.1 Å². The molecule has 0 N–H and O–H groups in total. The fourth-order valence-electron chi connectivity index (χ4n) is 2.74. The summed E-state index contributed by atoms with van der Waals surface area (Å²) in [5.74, 6) is 0.756. The van der Waals surface area contributed by atoms with Crippen LogP contribution in [0.15, 0.2) is 23.8 Å². The fraction of sp³-hybridized carbons (Fsp3) is 0.538. The highest BCUT2D eigenvalue weighted by molar-refractivity contribution is 6.03. The first-order valence-corrected chi connectivity index (χ1v) is 5.39. The summed E-state index contributed by atoms with van der Waals surface area (Å²) in [6, 6.07) is 2.03. The molecule has 0 fully saturated rings. The lowest BCUT2D eigenvalue weighted by Crippen LogP contribution is -2.41. The monoisotopic (exact) mass is 201 g/mol. The number of hydrogen-bond donors (Lipinski definition) is 0. The van der Waals surface area contributed by atoms with E-state index in [9.17, 15) is 4.79 Å². The van der Waals surface area contributed by atoms with Gasteiger partial charge in [-0.15, -0.1) is 0 Å². The summed E-state index contributed by atoms with van der Waals surface area (Å²) >= 11 is 0. The molecule has 0 radical (unpaired) electrons. The van der Waals surface area contributed by atoms with Crippen molar-refractivity contribution in [3.8, 4) is 6.07 Å². The Morgan fingerprint density at radius 2 is 2.07 bits per heavy atom. The van der Waals surface area contributed by atoms with E-state index in [1.54, 1.807) is 0 Å². The van der Waals surface area contributed by atoms with Gasteiger partial charge in [-0.2, -0.15) is 5.26 Å². The quantitative estimate of drug-likeness (QED) is 0.565. The van der Waals surface area contributed by atoms with Gasteiger partial charge in [-0.05, 0) is 24.7 Å². The number of nitrogens with zero attached hydrogens (tertiary/aromatic N) is 1. The van der Waals surface area contributed by atoms with Gasteiger partial charge in [0.25, 0.3) is 0 Å². The van der Waals surface area contributed by atoms with Crippen LogP contribution < -0.4 is 0 Å². The molecule has 0 bridgehead atoms. The maximum atomic E-state index is 12.0. The third-order valence-corrected chi connectivity index (χ3v) is 3.74. The molecule has 2 nitrogen and oxygen atoms in total. The largest absolute Gasteiger partial charge is 0.293 e. The van der Waals surface area contributed by atoms with Crippen LogP contribution in [0.2, 0.25) is 0 Å². The Morgan fingerprint density at radius 3 is 2.73 bits per heavy atom. The first-order valence-electron chi connectivity index (χ1n) is 5.39. The molecular weight excluding hydrogens is 186 g/mol. The molecule has 2 aliphatic rings. The van der Waals surface area contributed by atoms with Crippen molar-refractivity contribution in [1.29, 1.82) is 5.26 Å². The van der Waals surface area contributed by atoms with Gasteiger partial charge >= 0.3 is 0 Å². The van der Waals surface area contributed by atoms with Crippen molar-refractivity contribution in [2.75, 3.05) is 0 Å². The number of ketones is 1. The summed E-state index contributed by atoms with van der Waals surface area (Å²) in [6.07, 6.45) is 8.10. The molecule has 0 spiro atoms. The summed E-state index contributed by atoms with van der Waals surface area (Å²) in [6.45, 7) is 3.94. The minimum Gasteiger partial charge on any atom is -0.293 e. The summed E-state index contributed by atoms with van der Waals surface area (Å²) in [7, 11) is 0. The van der Waals surface area contributed by atoms with E-state index in [0.29, 0.717) is 17.4 Å². The lowest BCUT2D eigenvalue weighted by atomic mass is 9.60. The molecule has 2 aliphatic carbocycles. The van der Waals surface area contributed by atoms with Gasteiger partial charge in [0, 0.05) is 5.41 Å². The number of fused-ring (bicyclic) bond motifs is 1. The Kier molecular flexibility index (Phi) is 2.26. The summed E-state index contributed by atoms with van der Waals surface area (Å²) < 4.78 is 0. The number of carbonyl (C=O) groups is 1. The van der Waals surface area contributed by atoms with Crippen LogP contribution in [0.1, 0.15) is 26.7 Å². The van der Waals surface area contributed by atoms with Gasteiger partial charge in [-0.3, -0.25) is 4.79 Å². The Balaban J connectivity index is 2.46. The van der Waals surface area contributed by atoms with E-state index in [-0.39, 0.29) is 11.2 Å². The van der Waals surface area contributed by atoms with E-state index in [0.717, 1.165) is 12.8 Å². The van der Waals surface area contributed by atoms with Crippen LogP contribution >= 0.6 is 0 Å². The zero-order valence-electron chi connectivity index (χ0n) is 9.16. The van der Waals surface area contributed by atoms with Gasteiger partial charge < -0.3 is 0 Å². The predicted octanol–water partition coefficient (Wildman–Crippen LogP) is 2.63. The number of Topliss-reactive ketones (excluding diaryl/α,β-unsaturated/α-hetero) is 1. The van der Waals surface area contributed by atoms with E-state index in [4.69, 9.17) is 5.26 Å². The van der Waals surface area contributed by atoms with Crippen LogP contribution in [0.25, 0.3) is 0 Å². The highest BCUT2D eigenvalue weighted by Crippen LogP contribution is 2.45. The molecule has 0 aromatic heterocycles. The van der Waals surface area contributed by atoms with E-state index < -0.39 is 0 Å². The highest BCUT2D eigenvalue weighted by atomic mass is 16.1. The van der Waals surface area contributed by atoms with Crippen molar-refractivity contribution in [3.63, 3.8) is 0 Å². The average Bonchev–Trinajstić information content (AvgIpc) is 2.24. The van der Waals surface area contributed by atoms with Crippen LogP contribution in [0.5, 0.6) is 0 Å². The van der Waals surface area contributed by atoms with Crippen LogP contribution in [0.3, 0.4) is 0 Å². The van der Waals surface area contributed by atoms with Gasteiger partial charge in [0.2, 0.25) is 0 Å². The van der Waals surface area contributed by atoms with E-state index in [1.165, 1.54) is 0 Å². The average molecular weight is 201 g/mol. The van der Waals surface area contributed by atoms with E-state index >= 15 is 0 Å². The number of nitriles is 1. The topological polar surface area (TPSA) is 40.9 Å². The third kappa shape index (κ3) is 1.43. The van der Waals surface area contributed by atoms with Crippen LogP contribution in [-0.4, -0.2) is 5.78 Å². The van der Waals surface area contributed by atoms with Crippen LogP contribution in [0, 0.1) is 28.6 Å². The SMILES string of the molecule is CC1(C)C(=O)C(C#N)=CC2CC=CCC21. The van der Waals surface area contributed by atoms with Crippen molar-refractivity contribution in [2.24, 2.45) is 17.3 Å². The molecule has 0 amide bonds. The second-order valence-corrected chi connectivity index (χ2v) is 4.96. The second kappa shape index (κ2) is 3.34. The van der Waals surface area contributed by atoms with Crippen LogP contribution in [-0.2, 0) is 4.79 Å². The van der Waals surface area contributed by atoms with Crippen molar-refractivity contribution in [2.45, 2.75) is 26.7 Å².